The Morgan fingerprint density at radius 1 is 1.07 bits per heavy atom. The minimum Gasteiger partial charge on any atom is -0.367 e. The van der Waals surface area contributed by atoms with E-state index in [0.29, 0.717) is 6.04 Å². The number of pyridine rings is 2. The van der Waals surface area contributed by atoms with E-state index < -0.39 is 0 Å². The van der Waals surface area contributed by atoms with Crippen molar-refractivity contribution in [1.29, 1.82) is 0 Å². The van der Waals surface area contributed by atoms with Crippen molar-refractivity contribution in [2.45, 2.75) is 51.5 Å². The molecule has 2 saturated carbocycles. The standard InChI is InChI=1S/C21H26N6/c1-13-8-20(27-26-13)24-19-12-18-17(6-3-7-22-18)21(25-19)23-16-10-14-4-2-5-15(9-14)11-16/h3,6-8,12,14-16H,2,4-5,9-11H2,1H3,(H3,23,24,25,26,27)/t14-,15+,16?. The van der Waals surface area contributed by atoms with Crippen LogP contribution in [0.3, 0.4) is 0 Å². The molecule has 3 atom stereocenters. The summed E-state index contributed by atoms with van der Waals surface area (Å²) in [7, 11) is 0. The first kappa shape index (κ1) is 16.5. The Morgan fingerprint density at radius 3 is 2.70 bits per heavy atom. The Kier molecular flexibility index (Phi) is 4.19. The van der Waals surface area contributed by atoms with Crippen molar-refractivity contribution in [3.63, 3.8) is 0 Å². The van der Waals surface area contributed by atoms with Gasteiger partial charge < -0.3 is 10.6 Å². The first-order chi connectivity index (χ1) is 13.2. The van der Waals surface area contributed by atoms with Gasteiger partial charge in [0, 0.05) is 35.5 Å². The molecule has 1 unspecified atom stereocenters. The lowest BCUT2D eigenvalue weighted by atomic mass is 9.70. The number of anilines is 3. The van der Waals surface area contributed by atoms with Gasteiger partial charge in [-0.25, -0.2) is 4.98 Å². The average Bonchev–Trinajstić information content (AvgIpc) is 3.06. The van der Waals surface area contributed by atoms with Crippen LogP contribution in [0, 0.1) is 18.8 Å². The van der Waals surface area contributed by atoms with Gasteiger partial charge in [0.05, 0.1) is 5.52 Å². The van der Waals surface area contributed by atoms with Crippen LogP contribution >= 0.6 is 0 Å². The van der Waals surface area contributed by atoms with Gasteiger partial charge in [-0.15, -0.1) is 0 Å². The van der Waals surface area contributed by atoms with Gasteiger partial charge in [0.2, 0.25) is 0 Å². The van der Waals surface area contributed by atoms with Crippen molar-refractivity contribution in [2.24, 2.45) is 11.8 Å². The van der Waals surface area contributed by atoms with Crippen molar-refractivity contribution in [3.8, 4) is 0 Å². The Bertz CT molecular complexity index is 937. The summed E-state index contributed by atoms with van der Waals surface area (Å²) in [5.74, 6) is 4.24. The van der Waals surface area contributed by atoms with Gasteiger partial charge in [0.1, 0.15) is 11.6 Å². The van der Waals surface area contributed by atoms with Gasteiger partial charge >= 0.3 is 0 Å². The molecule has 2 aliphatic carbocycles. The van der Waals surface area contributed by atoms with Gasteiger partial charge in [0.25, 0.3) is 0 Å². The minimum absolute atomic E-state index is 0.507. The van der Waals surface area contributed by atoms with Gasteiger partial charge in [-0.1, -0.05) is 19.3 Å². The molecule has 3 aromatic heterocycles. The van der Waals surface area contributed by atoms with Gasteiger partial charge in [0.15, 0.2) is 5.82 Å². The van der Waals surface area contributed by atoms with Crippen molar-refractivity contribution >= 4 is 28.4 Å². The van der Waals surface area contributed by atoms with Crippen molar-refractivity contribution in [3.05, 3.63) is 36.2 Å². The highest BCUT2D eigenvalue weighted by atomic mass is 15.2. The number of aryl methyl sites for hydroxylation is 1. The molecule has 0 radical (unpaired) electrons. The summed E-state index contributed by atoms with van der Waals surface area (Å²) in [6.07, 6.45) is 9.98. The zero-order valence-electron chi connectivity index (χ0n) is 15.7. The predicted octanol–water partition coefficient (Wildman–Crippen LogP) is 4.79. The first-order valence-corrected chi connectivity index (χ1v) is 10.0. The van der Waals surface area contributed by atoms with E-state index >= 15 is 0 Å². The summed E-state index contributed by atoms with van der Waals surface area (Å²) in [5, 5.41) is 15.4. The number of hydrogen-bond donors (Lipinski definition) is 3. The molecule has 6 heteroatoms. The van der Waals surface area contributed by atoms with Crippen LogP contribution in [0.2, 0.25) is 0 Å². The van der Waals surface area contributed by atoms with Crippen LogP contribution in [0.25, 0.3) is 10.9 Å². The molecule has 6 nitrogen and oxygen atoms in total. The number of H-pyrrole nitrogens is 1. The molecular formula is C21H26N6. The largest absolute Gasteiger partial charge is 0.367 e. The predicted molar refractivity (Wildman–Crippen MR) is 108 cm³/mol. The van der Waals surface area contributed by atoms with Crippen LogP contribution in [0.4, 0.5) is 17.5 Å². The van der Waals surface area contributed by atoms with Crippen LogP contribution in [-0.4, -0.2) is 26.2 Å². The third-order valence-corrected chi connectivity index (χ3v) is 6.03. The molecule has 3 N–H and O–H groups in total. The molecule has 5 rings (SSSR count). The molecule has 27 heavy (non-hydrogen) atoms. The molecule has 3 heterocycles. The molecule has 2 bridgehead atoms. The quantitative estimate of drug-likeness (QED) is 0.622. The number of hydrogen-bond acceptors (Lipinski definition) is 5. The number of nitrogens with one attached hydrogen (secondary N) is 3. The fraction of sp³-hybridized carbons (Fsp3) is 0.476. The number of aromatic nitrogens is 4. The van der Waals surface area contributed by atoms with Crippen LogP contribution in [0.5, 0.6) is 0 Å². The Balaban J connectivity index is 1.45. The normalized spacial score (nSPS) is 24.7. The molecule has 0 saturated heterocycles. The van der Waals surface area contributed by atoms with E-state index in [1.54, 1.807) is 0 Å². The zero-order chi connectivity index (χ0) is 18.2. The second-order valence-electron chi connectivity index (χ2n) is 8.20. The molecule has 2 aliphatic rings. The SMILES string of the molecule is Cc1cc(Nc2cc3ncccc3c(NC3C[C@H]4CCC[C@@H](C3)C4)n2)n[nH]1. The van der Waals surface area contributed by atoms with Gasteiger partial charge in [-0.2, -0.15) is 5.10 Å². The highest BCUT2D eigenvalue weighted by molar-refractivity contribution is 5.91. The van der Waals surface area contributed by atoms with Crippen molar-refractivity contribution in [2.75, 3.05) is 10.6 Å². The van der Waals surface area contributed by atoms with E-state index in [1.807, 2.05) is 31.3 Å². The second kappa shape index (κ2) is 6.83. The second-order valence-corrected chi connectivity index (χ2v) is 8.20. The highest BCUT2D eigenvalue weighted by Gasteiger charge is 2.32. The fourth-order valence-corrected chi connectivity index (χ4v) is 4.91. The molecule has 0 spiro atoms. The Morgan fingerprint density at radius 2 is 1.93 bits per heavy atom. The summed E-state index contributed by atoms with van der Waals surface area (Å²) in [5.41, 5.74) is 1.96. The van der Waals surface area contributed by atoms with Crippen LogP contribution in [0.1, 0.15) is 44.2 Å². The summed E-state index contributed by atoms with van der Waals surface area (Å²) in [6.45, 7) is 1.99. The number of fused-ring (bicyclic) bond motifs is 3. The molecule has 0 amide bonds. The average molecular weight is 362 g/mol. The van der Waals surface area contributed by atoms with E-state index in [1.165, 1.54) is 38.5 Å². The van der Waals surface area contributed by atoms with Crippen LogP contribution < -0.4 is 10.6 Å². The minimum atomic E-state index is 0.507. The summed E-state index contributed by atoms with van der Waals surface area (Å²) >= 11 is 0. The van der Waals surface area contributed by atoms with E-state index in [-0.39, 0.29) is 0 Å². The first-order valence-electron chi connectivity index (χ1n) is 10.0. The molecule has 0 aromatic carbocycles. The number of nitrogens with zero attached hydrogens (tertiary/aromatic N) is 3. The number of aromatic amines is 1. The molecule has 2 fully saturated rings. The topological polar surface area (TPSA) is 78.5 Å². The monoisotopic (exact) mass is 362 g/mol. The lowest BCUT2D eigenvalue weighted by Gasteiger charge is -2.39. The smallest absolute Gasteiger partial charge is 0.153 e. The maximum Gasteiger partial charge on any atom is 0.153 e. The molecule has 0 aliphatic heterocycles. The van der Waals surface area contributed by atoms with Crippen molar-refractivity contribution < 1.29 is 0 Å². The molecule has 140 valence electrons. The summed E-state index contributed by atoms with van der Waals surface area (Å²) in [4.78, 5) is 9.43. The Hall–Kier alpha value is -2.63. The van der Waals surface area contributed by atoms with Crippen LogP contribution in [-0.2, 0) is 0 Å². The Labute approximate surface area is 159 Å². The van der Waals surface area contributed by atoms with Crippen molar-refractivity contribution in [1.82, 2.24) is 20.2 Å². The van der Waals surface area contributed by atoms with E-state index in [2.05, 4.69) is 31.9 Å². The lowest BCUT2D eigenvalue weighted by Crippen LogP contribution is -2.34. The maximum atomic E-state index is 4.88. The fourth-order valence-electron chi connectivity index (χ4n) is 4.91. The third kappa shape index (κ3) is 3.48. The lowest BCUT2D eigenvalue weighted by molar-refractivity contribution is 0.178. The third-order valence-electron chi connectivity index (χ3n) is 6.03. The van der Waals surface area contributed by atoms with Crippen LogP contribution in [0.15, 0.2) is 30.5 Å². The van der Waals surface area contributed by atoms with E-state index in [0.717, 1.165) is 45.9 Å². The summed E-state index contributed by atoms with van der Waals surface area (Å²) < 4.78 is 0. The highest BCUT2D eigenvalue weighted by Crippen LogP contribution is 2.41. The molecule has 3 aromatic rings. The van der Waals surface area contributed by atoms with E-state index in [9.17, 15) is 0 Å². The van der Waals surface area contributed by atoms with Gasteiger partial charge in [-0.3, -0.25) is 10.1 Å². The summed E-state index contributed by atoms with van der Waals surface area (Å²) in [6, 6.07) is 8.55. The van der Waals surface area contributed by atoms with Gasteiger partial charge in [-0.05, 0) is 50.2 Å². The zero-order valence-corrected chi connectivity index (χ0v) is 15.7. The maximum absolute atomic E-state index is 4.88. The molecular weight excluding hydrogens is 336 g/mol. The van der Waals surface area contributed by atoms with E-state index in [4.69, 9.17) is 4.98 Å². The number of rotatable bonds is 4.